The van der Waals surface area contributed by atoms with Crippen LogP contribution in [0.2, 0.25) is 0 Å². The summed E-state index contributed by atoms with van der Waals surface area (Å²) in [4.78, 5) is 2.44. The Balaban J connectivity index is 1.51. The van der Waals surface area contributed by atoms with Crippen LogP contribution < -0.4 is 4.74 Å². The summed E-state index contributed by atoms with van der Waals surface area (Å²) in [6.07, 6.45) is 7.24. The predicted molar refractivity (Wildman–Crippen MR) is 101 cm³/mol. The van der Waals surface area contributed by atoms with Gasteiger partial charge in [0, 0.05) is 32.8 Å². The molecule has 2 heterocycles. The molecule has 4 nitrogen and oxygen atoms in total. The Hall–Kier alpha value is -1.36. The first-order valence-corrected chi connectivity index (χ1v) is 9.45. The van der Waals surface area contributed by atoms with Crippen LogP contribution in [0.3, 0.4) is 0 Å². The number of hydrogen-bond acceptors (Lipinski definition) is 4. The molecule has 1 aromatic rings. The summed E-state index contributed by atoms with van der Waals surface area (Å²) in [5, 5.41) is 11.2. The number of benzene rings is 1. The van der Waals surface area contributed by atoms with Crippen LogP contribution in [-0.4, -0.2) is 55.6 Å². The third kappa shape index (κ3) is 4.43. The van der Waals surface area contributed by atoms with Crippen molar-refractivity contribution in [1.82, 2.24) is 4.90 Å². The molecule has 0 aromatic heterocycles. The SMILES string of the molecule is COc1ccc(/C=C/CN2CC[C@@](O)(C3CCOCC3)[C@H](C)C2)cc1. The van der Waals surface area contributed by atoms with E-state index in [4.69, 9.17) is 9.47 Å². The van der Waals surface area contributed by atoms with Gasteiger partial charge in [-0.1, -0.05) is 31.2 Å². The Kier molecular flexibility index (Phi) is 6.15. The average Bonchev–Trinajstić information content (AvgIpc) is 2.66. The Morgan fingerprint density at radius 2 is 2.00 bits per heavy atom. The zero-order chi connectivity index (χ0) is 17.7. The van der Waals surface area contributed by atoms with Crippen molar-refractivity contribution in [2.24, 2.45) is 11.8 Å². The lowest BCUT2D eigenvalue weighted by atomic mass is 9.70. The van der Waals surface area contributed by atoms with Gasteiger partial charge in [0.2, 0.25) is 0 Å². The quantitative estimate of drug-likeness (QED) is 0.890. The second-order valence-electron chi connectivity index (χ2n) is 7.46. The molecule has 2 saturated heterocycles. The van der Waals surface area contributed by atoms with E-state index in [9.17, 15) is 5.11 Å². The van der Waals surface area contributed by atoms with E-state index in [1.807, 2.05) is 12.1 Å². The average molecular weight is 345 g/mol. The maximum atomic E-state index is 11.2. The summed E-state index contributed by atoms with van der Waals surface area (Å²) in [5.74, 6) is 1.58. The minimum atomic E-state index is -0.514. The fraction of sp³-hybridized carbons (Fsp3) is 0.619. The third-order valence-electron chi connectivity index (χ3n) is 5.93. The molecule has 2 atom stereocenters. The number of ether oxygens (including phenoxy) is 2. The first-order chi connectivity index (χ1) is 12.1. The third-order valence-corrected chi connectivity index (χ3v) is 5.93. The number of piperidine rings is 1. The van der Waals surface area contributed by atoms with Crippen LogP contribution in [0, 0.1) is 11.8 Å². The fourth-order valence-corrected chi connectivity index (χ4v) is 4.24. The van der Waals surface area contributed by atoms with Crippen molar-refractivity contribution in [2.45, 2.75) is 31.8 Å². The molecule has 1 aromatic carbocycles. The standard InChI is InChI=1S/C21H31NO3/c1-17-16-22(12-3-4-18-5-7-20(24-2)8-6-18)13-11-21(17,23)19-9-14-25-15-10-19/h3-8,17,19,23H,9-16H2,1-2H3/b4-3+/t17-,21+/m1/s1. The minimum Gasteiger partial charge on any atom is -0.497 e. The summed E-state index contributed by atoms with van der Waals surface area (Å²) < 4.78 is 10.6. The van der Waals surface area contributed by atoms with Gasteiger partial charge in [0.1, 0.15) is 5.75 Å². The van der Waals surface area contributed by atoms with E-state index in [0.29, 0.717) is 11.8 Å². The molecule has 1 N–H and O–H groups in total. The maximum absolute atomic E-state index is 11.2. The first-order valence-electron chi connectivity index (χ1n) is 9.45. The zero-order valence-corrected chi connectivity index (χ0v) is 15.5. The summed E-state index contributed by atoms with van der Waals surface area (Å²) >= 11 is 0. The first kappa shape index (κ1) is 18.4. The lowest BCUT2D eigenvalue weighted by Gasteiger charge is -2.48. The Bertz CT molecular complexity index is 565. The van der Waals surface area contributed by atoms with Gasteiger partial charge in [0.15, 0.2) is 0 Å². The molecule has 0 aliphatic carbocycles. The minimum absolute atomic E-state index is 0.304. The monoisotopic (exact) mass is 345 g/mol. The Morgan fingerprint density at radius 3 is 2.64 bits per heavy atom. The largest absolute Gasteiger partial charge is 0.497 e. The van der Waals surface area contributed by atoms with Crippen molar-refractivity contribution in [3.05, 3.63) is 35.9 Å². The molecule has 0 bridgehead atoms. The lowest BCUT2D eigenvalue weighted by molar-refractivity contribution is -0.129. The van der Waals surface area contributed by atoms with Gasteiger partial charge in [-0.2, -0.15) is 0 Å². The van der Waals surface area contributed by atoms with Gasteiger partial charge < -0.3 is 14.6 Å². The summed E-state index contributed by atoms with van der Waals surface area (Å²) in [7, 11) is 1.68. The molecule has 0 unspecified atom stereocenters. The van der Waals surface area contributed by atoms with Gasteiger partial charge in [0.25, 0.3) is 0 Å². The molecular weight excluding hydrogens is 314 g/mol. The molecule has 4 heteroatoms. The van der Waals surface area contributed by atoms with E-state index in [1.54, 1.807) is 7.11 Å². The van der Waals surface area contributed by atoms with E-state index in [0.717, 1.165) is 57.9 Å². The van der Waals surface area contributed by atoms with Crippen LogP contribution >= 0.6 is 0 Å². The molecule has 25 heavy (non-hydrogen) atoms. The number of rotatable bonds is 5. The van der Waals surface area contributed by atoms with Gasteiger partial charge in [-0.05, 0) is 48.8 Å². The summed E-state index contributed by atoms with van der Waals surface area (Å²) in [6, 6.07) is 8.10. The van der Waals surface area contributed by atoms with Crippen LogP contribution in [0.5, 0.6) is 5.75 Å². The number of methoxy groups -OCH3 is 1. The smallest absolute Gasteiger partial charge is 0.118 e. The molecule has 0 amide bonds. The number of aliphatic hydroxyl groups is 1. The highest BCUT2D eigenvalue weighted by molar-refractivity contribution is 5.50. The fourth-order valence-electron chi connectivity index (χ4n) is 4.24. The molecule has 0 saturated carbocycles. The van der Waals surface area contributed by atoms with Gasteiger partial charge in [-0.3, -0.25) is 4.90 Å². The van der Waals surface area contributed by atoms with E-state index in [2.05, 4.69) is 36.1 Å². The molecule has 0 radical (unpaired) electrons. The molecule has 2 aliphatic heterocycles. The van der Waals surface area contributed by atoms with Crippen molar-refractivity contribution >= 4 is 6.08 Å². The van der Waals surface area contributed by atoms with Crippen molar-refractivity contribution in [1.29, 1.82) is 0 Å². The highest BCUT2D eigenvalue weighted by atomic mass is 16.5. The van der Waals surface area contributed by atoms with E-state index < -0.39 is 5.60 Å². The van der Waals surface area contributed by atoms with Crippen molar-refractivity contribution in [2.75, 3.05) is 40.0 Å². The molecule has 3 rings (SSSR count). The predicted octanol–water partition coefficient (Wildman–Crippen LogP) is 3.21. The topological polar surface area (TPSA) is 41.9 Å². The van der Waals surface area contributed by atoms with Crippen LogP contribution in [0.1, 0.15) is 31.7 Å². The van der Waals surface area contributed by atoms with Gasteiger partial charge in [-0.15, -0.1) is 0 Å². The summed E-state index contributed by atoms with van der Waals surface area (Å²) in [5.41, 5.74) is 0.671. The van der Waals surface area contributed by atoms with Crippen molar-refractivity contribution in [3.8, 4) is 5.75 Å². The Labute approximate surface area is 151 Å². The number of nitrogens with zero attached hydrogens (tertiary/aromatic N) is 1. The number of hydrogen-bond donors (Lipinski definition) is 1. The number of likely N-dealkylation sites (tertiary alicyclic amines) is 1. The van der Waals surface area contributed by atoms with Crippen LogP contribution in [0.25, 0.3) is 6.08 Å². The summed E-state index contributed by atoms with van der Waals surface area (Å²) in [6.45, 7) is 6.66. The maximum Gasteiger partial charge on any atom is 0.118 e. The second kappa shape index (κ2) is 8.35. The van der Waals surface area contributed by atoms with E-state index in [1.165, 1.54) is 5.56 Å². The highest BCUT2D eigenvalue weighted by Crippen LogP contribution is 2.39. The van der Waals surface area contributed by atoms with Crippen molar-refractivity contribution in [3.63, 3.8) is 0 Å². The zero-order valence-electron chi connectivity index (χ0n) is 15.5. The van der Waals surface area contributed by atoms with Crippen LogP contribution in [0.15, 0.2) is 30.3 Å². The lowest BCUT2D eigenvalue weighted by Crippen LogP contribution is -2.55. The van der Waals surface area contributed by atoms with E-state index in [-0.39, 0.29) is 0 Å². The molecule has 2 aliphatic rings. The van der Waals surface area contributed by atoms with Crippen LogP contribution in [-0.2, 0) is 4.74 Å². The molecule has 2 fully saturated rings. The van der Waals surface area contributed by atoms with E-state index >= 15 is 0 Å². The van der Waals surface area contributed by atoms with Gasteiger partial charge >= 0.3 is 0 Å². The molecule has 138 valence electrons. The second-order valence-corrected chi connectivity index (χ2v) is 7.46. The van der Waals surface area contributed by atoms with Crippen LogP contribution in [0.4, 0.5) is 0 Å². The van der Waals surface area contributed by atoms with Gasteiger partial charge in [0.05, 0.1) is 12.7 Å². The van der Waals surface area contributed by atoms with Gasteiger partial charge in [-0.25, -0.2) is 0 Å². The molecular formula is C21H31NO3. The molecule has 0 spiro atoms. The normalized spacial score (nSPS) is 29.2. The van der Waals surface area contributed by atoms with Crippen molar-refractivity contribution < 1.29 is 14.6 Å². The Morgan fingerprint density at radius 1 is 1.28 bits per heavy atom. The highest BCUT2D eigenvalue weighted by Gasteiger charge is 2.44.